The molecule has 1 aliphatic heterocycles. The molecule has 0 saturated carbocycles. The fourth-order valence-corrected chi connectivity index (χ4v) is 2.76. The van der Waals surface area contributed by atoms with Crippen molar-refractivity contribution in [3.8, 4) is 0 Å². The quantitative estimate of drug-likeness (QED) is 0.806. The molecule has 0 aliphatic carbocycles. The zero-order valence-corrected chi connectivity index (χ0v) is 12.9. The van der Waals surface area contributed by atoms with Crippen LogP contribution in [0.3, 0.4) is 0 Å². The van der Waals surface area contributed by atoms with Gasteiger partial charge in [-0.3, -0.25) is 4.79 Å². The van der Waals surface area contributed by atoms with Crippen molar-refractivity contribution in [2.75, 3.05) is 33.9 Å². The summed E-state index contributed by atoms with van der Waals surface area (Å²) in [5.74, 6) is -0.790. The Bertz CT molecular complexity index is 361. The SMILES string of the molecule is CCCC1(C(=O)O)CCN(C(=O)N(C)C(C)COC)C1. The number of carbonyl (C=O) groups excluding carboxylic acids is 1. The number of rotatable bonds is 6. The van der Waals surface area contributed by atoms with Gasteiger partial charge >= 0.3 is 12.0 Å². The Kier molecular flexibility index (Phi) is 5.80. The lowest BCUT2D eigenvalue weighted by molar-refractivity contribution is -0.148. The van der Waals surface area contributed by atoms with Gasteiger partial charge in [0.2, 0.25) is 0 Å². The molecule has 116 valence electrons. The second kappa shape index (κ2) is 6.92. The Morgan fingerprint density at radius 2 is 2.15 bits per heavy atom. The van der Waals surface area contributed by atoms with Crippen molar-refractivity contribution < 1.29 is 19.4 Å². The molecule has 0 aromatic carbocycles. The van der Waals surface area contributed by atoms with E-state index >= 15 is 0 Å². The number of carbonyl (C=O) groups is 2. The summed E-state index contributed by atoms with van der Waals surface area (Å²) < 4.78 is 5.05. The van der Waals surface area contributed by atoms with Crippen molar-refractivity contribution in [2.24, 2.45) is 5.41 Å². The van der Waals surface area contributed by atoms with Crippen LogP contribution in [0, 0.1) is 5.41 Å². The topological polar surface area (TPSA) is 70.1 Å². The highest BCUT2D eigenvalue weighted by Gasteiger charge is 2.46. The number of hydrogen-bond donors (Lipinski definition) is 1. The lowest BCUT2D eigenvalue weighted by atomic mass is 9.83. The number of amides is 2. The van der Waals surface area contributed by atoms with Crippen LogP contribution >= 0.6 is 0 Å². The van der Waals surface area contributed by atoms with E-state index in [9.17, 15) is 14.7 Å². The minimum absolute atomic E-state index is 0.0292. The minimum atomic E-state index is -0.790. The summed E-state index contributed by atoms with van der Waals surface area (Å²) in [5, 5.41) is 9.45. The number of hydrogen-bond acceptors (Lipinski definition) is 3. The molecule has 1 saturated heterocycles. The van der Waals surface area contributed by atoms with Gasteiger partial charge in [0, 0.05) is 27.2 Å². The standard InChI is InChI=1S/C14H26N2O4/c1-5-6-14(12(17)18)7-8-16(10-14)13(19)15(3)11(2)9-20-4/h11H,5-10H2,1-4H3,(H,17,18). The molecule has 0 spiro atoms. The first-order valence-electron chi connectivity index (χ1n) is 7.12. The molecule has 0 bridgehead atoms. The van der Waals surface area contributed by atoms with Crippen LogP contribution in [0.4, 0.5) is 4.79 Å². The molecule has 20 heavy (non-hydrogen) atoms. The summed E-state index contributed by atoms with van der Waals surface area (Å²) in [4.78, 5) is 27.2. The first-order valence-corrected chi connectivity index (χ1v) is 7.12. The highest BCUT2D eigenvalue weighted by molar-refractivity contribution is 5.79. The number of urea groups is 1. The lowest BCUT2D eigenvalue weighted by Gasteiger charge is -2.30. The number of nitrogens with zero attached hydrogens (tertiary/aromatic N) is 2. The fourth-order valence-electron chi connectivity index (χ4n) is 2.76. The van der Waals surface area contributed by atoms with Gasteiger partial charge in [-0.15, -0.1) is 0 Å². The molecule has 6 nitrogen and oxygen atoms in total. The van der Waals surface area contributed by atoms with Gasteiger partial charge in [-0.2, -0.15) is 0 Å². The van der Waals surface area contributed by atoms with Gasteiger partial charge in [0.15, 0.2) is 0 Å². The molecule has 1 N–H and O–H groups in total. The van der Waals surface area contributed by atoms with Crippen molar-refractivity contribution in [3.05, 3.63) is 0 Å². The lowest BCUT2D eigenvalue weighted by Crippen LogP contribution is -2.47. The van der Waals surface area contributed by atoms with Gasteiger partial charge in [-0.1, -0.05) is 13.3 Å². The van der Waals surface area contributed by atoms with Crippen LogP contribution in [0.1, 0.15) is 33.1 Å². The van der Waals surface area contributed by atoms with Crippen LogP contribution < -0.4 is 0 Å². The van der Waals surface area contributed by atoms with Crippen molar-refractivity contribution in [1.29, 1.82) is 0 Å². The first kappa shape index (κ1) is 16.8. The maximum atomic E-state index is 12.4. The number of ether oxygens (including phenoxy) is 1. The summed E-state index contributed by atoms with van der Waals surface area (Å²) in [6, 6.07) is -0.146. The molecule has 2 atom stereocenters. The van der Waals surface area contributed by atoms with Crippen LogP contribution in [-0.2, 0) is 9.53 Å². The molecule has 6 heteroatoms. The molecule has 1 fully saturated rings. The van der Waals surface area contributed by atoms with Gasteiger partial charge in [0.1, 0.15) is 0 Å². The van der Waals surface area contributed by atoms with E-state index in [-0.39, 0.29) is 12.1 Å². The zero-order chi connectivity index (χ0) is 15.3. The number of methoxy groups -OCH3 is 1. The summed E-state index contributed by atoms with van der Waals surface area (Å²) >= 11 is 0. The predicted octanol–water partition coefficient (Wildman–Crippen LogP) is 1.65. The average molecular weight is 286 g/mol. The third-order valence-electron chi connectivity index (χ3n) is 4.18. The van der Waals surface area contributed by atoms with E-state index in [1.807, 2.05) is 13.8 Å². The third kappa shape index (κ3) is 3.42. The Morgan fingerprint density at radius 1 is 1.50 bits per heavy atom. The predicted molar refractivity (Wildman–Crippen MR) is 75.7 cm³/mol. The van der Waals surface area contributed by atoms with Crippen LogP contribution in [0.25, 0.3) is 0 Å². The maximum absolute atomic E-state index is 12.4. The van der Waals surface area contributed by atoms with Crippen molar-refractivity contribution >= 4 is 12.0 Å². The molecule has 1 aliphatic rings. The van der Waals surface area contributed by atoms with Crippen molar-refractivity contribution in [2.45, 2.75) is 39.2 Å². The van der Waals surface area contributed by atoms with E-state index in [0.717, 1.165) is 6.42 Å². The highest BCUT2D eigenvalue weighted by Crippen LogP contribution is 2.36. The van der Waals surface area contributed by atoms with Crippen LogP contribution in [0.15, 0.2) is 0 Å². The number of aliphatic carboxylic acids is 1. The molecular formula is C14H26N2O4. The van der Waals surface area contributed by atoms with E-state index in [4.69, 9.17) is 4.74 Å². The van der Waals surface area contributed by atoms with E-state index in [0.29, 0.717) is 32.5 Å². The number of carboxylic acid groups (broad SMARTS) is 1. The number of carboxylic acids is 1. The molecule has 2 unspecified atom stereocenters. The Hall–Kier alpha value is -1.30. The minimum Gasteiger partial charge on any atom is -0.481 e. The monoisotopic (exact) mass is 286 g/mol. The first-order chi connectivity index (χ1) is 9.38. The third-order valence-corrected chi connectivity index (χ3v) is 4.18. The molecule has 1 rings (SSSR count). The molecule has 0 radical (unpaired) electrons. The number of likely N-dealkylation sites (N-methyl/N-ethyl adjacent to an activating group) is 1. The van der Waals surface area contributed by atoms with E-state index in [1.54, 1.807) is 24.0 Å². The smallest absolute Gasteiger partial charge is 0.320 e. The summed E-state index contributed by atoms with van der Waals surface area (Å²) in [5.41, 5.74) is -0.768. The van der Waals surface area contributed by atoms with Crippen LogP contribution in [0.2, 0.25) is 0 Å². The number of likely N-dealkylation sites (tertiary alicyclic amines) is 1. The zero-order valence-electron chi connectivity index (χ0n) is 12.9. The van der Waals surface area contributed by atoms with Crippen LogP contribution in [0.5, 0.6) is 0 Å². The average Bonchev–Trinajstić information content (AvgIpc) is 2.83. The normalized spacial score (nSPS) is 23.7. The second-order valence-electron chi connectivity index (χ2n) is 5.70. The van der Waals surface area contributed by atoms with Gasteiger partial charge in [0.05, 0.1) is 18.1 Å². The van der Waals surface area contributed by atoms with Crippen molar-refractivity contribution in [1.82, 2.24) is 9.80 Å². The van der Waals surface area contributed by atoms with Crippen molar-refractivity contribution in [3.63, 3.8) is 0 Å². The molecule has 0 aromatic heterocycles. The van der Waals surface area contributed by atoms with Crippen LogP contribution in [-0.4, -0.2) is 66.8 Å². The molecule has 2 amide bonds. The highest BCUT2D eigenvalue weighted by atomic mass is 16.5. The largest absolute Gasteiger partial charge is 0.481 e. The van der Waals surface area contributed by atoms with E-state index in [2.05, 4.69) is 0 Å². The molecular weight excluding hydrogens is 260 g/mol. The molecule has 1 heterocycles. The summed E-state index contributed by atoms with van der Waals surface area (Å²) in [6.45, 7) is 5.17. The Morgan fingerprint density at radius 3 is 2.65 bits per heavy atom. The molecule has 0 aromatic rings. The van der Waals surface area contributed by atoms with E-state index < -0.39 is 11.4 Å². The van der Waals surface area contributed by atoms with Gasteiger partial charge < -0.3 is 19.6 Å². The Balaban J connectivity index is 2.71. The fraction of sp³-hybridized carbons (Fsp3) is 0.857. The van der Waals surface area contributed by atoms with Gasteiger partial charge in [0.25, 0.3) is 0 Å². The maximum Gasteiger partial charge on any atom is 0.320 e. The van der Waals surface area contributed by atoms with Gasteiger partial charge in [-0.25, -0.2) is 4.79 Å². The Labute approximate surface area is 120 Å². The van der Waals surface area contributed by atoms with E-state index in [1.165, 1.54) is 0 Å². The van der Waals surface area contributed by atoms with Gasteiger partial charge in [-0.05, 0) is 19.8 Å². The second-order valence-corrected chi connectivity index (χ2v) is 5.70. The summed E-state index contributed by atoms with van der Waals surface area (Å²) in [7, 11) is 3.33. The summed E-state index contributed by atoms with van der Waals surface area (Å²) in [6.07, 6.45) is 1.96.